The minimum Gasteiger partial charge on any atom is -0.497 e. The summed E-state index contributed by atoms with van der Waals surface area (Å²) in [5.41, 5.74) is 2.02. The second kappa shape index (κ2) is 10.0. The fourth-order valence-corrected chi connectivity index (χ4v) is 4.29. The van der Waals surface area contributed by atoms with Crippen LogP contribution in [-0.2, 0) is 11.4 Å². The van der Waals surface area contributed by atoms with Crippen molar-refractivity contribution < 1.29 is 23.8 Å². The molecule has 0 aliphatic carbocycles. The summed E-state index contributed by atoms with van der Waals surface area (Å²) in [6.45, 7) is 0.287. The molecule has 3 aromatic rings. The van der Waals surface area contributed by atoms with Gasteiger partial charge in [0.25, 0.3) is 11.1 Å². The van der Waals surface area contributed by atoms with Crippen molar-refractivity contribution in [2.75, 3.05) is 19.1 Å². The maximum Gasteiger partial charge on any atom is 0.298 e. The lowest BCUT2D eigenvalue weighted by Gasteiger charge is -2.13. The molecule has 1 saturated heterocycles. The summed E-state index contributed by atoms with van der Waals surface area (Å²) >= 11 is 7.07. The minimum absolute atomic E-state index is 0.287. The summed E-state index contributed by atoms with van der Waals surface area (Å²) in [5, 5.41) is 0.256. The molecule has 3 aromatic carbocycles. The molecule has 4 rings (SSSR count). The molecule has 0 unspecified atom stereocenters. The molecule has 1 heterocycles. The molecule has 2 amide bonds. The zero-order valence-electron chi connectivity index (χ0n) is 17.9. The highest BCUT2D eigenvalue weighted by atomic mass is 35.5. The van der Waals surface area contributed by atoms with E-state index in [1.54, 1.807) is 54.6 Å². The maximum absolute atomic E-state index is 12.9. The molecular weight excluding hydrogens is 462 g/mol. The van der Waals surface area contributed by atoms with Gasteiger partial charge in [0.1, 0.15) is 12.4 Å². The molecule has 168 valence electrons. The number of rotatable bonds is 7. The van der Waals surface area contributed by atoms with E-state index in [1.165, 1.54) is 14.2 Å². The van der Waals surface area contributed by atoms with Crippen molar-refractivity contribution in [1.29, 1.82) is 0 Å². The smallest absolute Gasteiger partial charge is 0.298 e. The zero-order valence-corrected chi connectivity index (χ0v) is 19.5. The first-order valence-electron chi connectivity index (χ1n) is 9.96. The first-order chi connectivity index (χ1) is 16.0. The average Bonchev–Trinajstić information content (AvgIpc) is 3.11. The Bertz CT molecular complexity index is 1240. The number of hydrogen-bond acceptors (Lipinski definition) is 6. The van der Waals surface area contributed by atoms with Crippen molar-refractivity contribution in [2.45, 2.75) is 6.61 Å². The fourth-order valence-electron chi connectivity index (χ4n) is 3.26. The first kappa shape index (κ1) is 22.8. The number of carbonyl (C=O) groups excluding carboxylic acids is 2. The normalized spacial score (nSPS) is 14.6. The SMILES string of the molecule is COc1cccc(N2C(=O)S/C(=C\c3ccc(OCc4ccccc4Cl)c(OC)c3)C2=O)c1. The second-order valence-electron chi connectivity index (χ2n) is 7.01. The van der Waals surface area contributed by atoms with Crippen LogP contribution in [0.3, 0.4) is 0 Å². The molecule has 0 bridgehead atoms. The van der Waals surface area contributed by atoms with Crippen molar-refractivity contribution in [3.63, 3.8) is 0 Å². The number of halogens is 1. The van der Waals surface area contributed by atoms with Gasteiger partial charge in [0, 0.05) is 16.7 Å². The standard InChI is InChI=1S/C25H20ClNO5S/c1-30-19-8-5-7-18(14-19)27-24(28)23(33-25(27)29)13-16-10-11-21(22(12-16)31-2)32-15-17-6-3-4-9-20(17)26/h3-14H,15H2,1-2H3/b23-13-. The first-order valence-corrected chi connectivity index (χ1v) is 11.2. The van der Waals surface area contributed by atoms with Crippen molar-refractivity contribution in [3.8, 4) is 17.2 Å². The molecule has 6 nitrogen and oxygen atoms in total. The molecule has 33 heavy (non-hydrogen) atoms. The van der Waals surface area contributed by atoms with Crippen LogP contribution in [0.2, 0.25) is 5.02 Å². The van der Waals surface area contributed by atoms with Gasteiger partial charge >= 0.3 is 0 Å². The average molecular weight is 482 g/mol. The molecule has 1 fully saturated rings. The fraction of sp³-hybridized carbons (Fsp3) is 0.120. The van der Waals surface area contributed by atoms with Gasteiger partial charge in [0.2, 0.25) is 0 Å². The molecular formula is C25H20ClNO5S. The van der Waals surface area contributed by atoms with Gasteiger partial charge in [-0.3, -0.25) is 9.59 Å². The molecule has 0 aromatic heterocycles. The number of carbonyl (C=O) groups is 2. The predicted molar refractivity (Wildman–Crippen MR) is 130 cm³/mol. The number of anilines is 1. The van der Waals surface area contributed by atoms with Gasteiger partial charge < -0.3 is 14.2 Å². The summed E-state index contributed by atoms with van der Waals surface area (Å²) < 4.78 is 16.5. The third kappa shape index (κ3) is 4.99. The molecule has 1 aliphatic rings. The molecule has 0 saturated carbocycles. The van der Waals surface area contributed by atoms with E-state index in [1.807, 2.05) is 18.2 Å². The number of imide groups is 1. The van der Waals surface area contributed by atoms with E-state index in [-0.39, 0.29) is 11.8 Å². The lowest BCUT2D eigenvalue weighted by atomic mass is 10.1. The third-order valence-electron chi connectivity index (χ3n) is 4.93. The van der Waals surface area contributed by atoms with Crippen molar-refractivity contribution in [1.82, 2.24) is 0 Å². The van der Waals surface area contributed by atoms with E-state index < -0.39 is 5.91 Å². The minimum atomic E-state index is -0.392. The highest BCUT2D eigenvalue weighted by Gasteiger charge is 2.36. The van der Waals surface area contributed by atoms with Crippen LogP contribution >= 0.6 is 23.4 Å². The Balaban J connectivity index is 1.54. The Hall–Kier alpha value is -3.42. The summed E-state index contributed by atoms with van der Waals surface area (Å²) in [6, 6.07) is 19.6. The van der Waals surface area contributed by atoms with Crippen molar-refractivity contribution in [2.24, 2.45) is 0 Å². The van der Waals surface area contributed by atoms with Gasteiger partial charge in [0.05, 0.1) is 24.8 Å². The molecule has 0 atom stereocenters. The Kier molecular flexibility index (Phi) is 6.91. The monoisotopic (exact) mass is 481 g/mol. The Morgan fingerprint density at radius 2 is 1.76 bits per heavy atom. The van der Waals surface area contributed by atoms with Gasteiger partial charge in [-0.1, -0.05) is 41.9 Å². The lowest BCUT2D eigenvalue weighted by Crippen LogP contribution is -2.27. The molecule has 8 heteroatoms. The number of benzene rings is 3. The summed E-state index contributed by atoms with van der Waals surface area (Å²) in [6.07, 6.45) is 1.66. The zero-order chi connectivity index (χ0) is 23.4. The van der Waals surface area contributed by atoms with Crippen LogP contribution in [0.1, 0.15) is 11.1 Å². The van der Waals surface area contributed by atoms with Crippen LogP contribution < -0.4 is 19.1 Å². The maximum atomic E-state index is 12.9. The number of amides is 2. The molecule has 0 spiro atoms. The lowest BCUT2D eigenvalue weighted by molar-refractivity contribution is -0.113. The van der Waals surface area contributed by atoms with E-state index in [2.05, 4.69) is 0 Å². The largest absolute Gasteiger partial charge is 0.497 e. The van der Waals surface area contributed by atoms with Crippen LogP contribution in [0, 0.1) is 0 Å². The van der Waals surface area contributed by atoms with Gasteiger partial charge in [-0.15, -0.1) is 0 Å². The second-order valence-corrected chi connectivity index (χ2v) is 8.41. The van der Waals surface area contributed by atoms with Crippen LogP contribution in [0.15, 0.2) is 71.6 Å². The van der Waals surface area contributed by atoms with Gasteiger partial charge in [-0.2, -0.15) is 0 Å². The molecule has 1 aliphatic heterocycles. The van der Waals surface area contributed by atoms with Crippen molar-refractivity contribution in [3.05, 3.63) is 87.8 Å². The van der Waals surface area contributed by atoms with E-state index in [4.69, 9.17) is 25.8 Å². The van der Waals surface area contributed by atoms with E-state index >= 15 is 0 Å². The van der Waals surface area contributed by atoms with Gasteiger partial charge in [-0.05, 0) is 53.7 Å². The van der Waals surface area contributed by atoms with Crippen LogP contribution in [0.4, 0.5) is 10.5 Å². The topological polar surface area (TPSA) is 65.1 Å². The number of thioether (sulfide) groups is 1. The van der Waals surface area contributed by atoms with Crippen molar-refractivity contribution >= 4 is 46.3 Å². The highest BCUT2D eigenvalue weighted by molar-refractivity contribution is 8.19. The molecule has 0 radical (unpaired) electrons. The summed E-state index contributed by atoms with van der Waals surface area (Å²) in [5.74, 6) is 1.21. The summed E-state index contributed by atoms with van der Waals surface area (Å²) in [7, 11) is 3.07. The van der Waals surface area contributed by atoms with Crippen LogP contribution in [-0.4, -0.2) is 25.4 Å². The predicted octanol–water partition coefficient (Wildman–Crippen LogP) is 6.18. The number of hydrogen-bond donors (Lipinski definition) is 0. The number of methoxy groups -OCH3 is 2. The Morgan fingerprint density at radius 3 is 2.52 bits per heavy atom. The Morgan fingerprint density at radius 1 is 0.939 bits per heavy atom. The summed E-state index contributed by atoms with van der Waals surface area (Å²) in [4.78, 5) is 26.9. The quantitative estimate of drug-likeness (QED) is 0.375. The van der Waals surface area contributed by atoms with Crippen LogP contribution in [0.25, 0.3) is 6.08 Å². The van der Waals surface area contributed by atoms with E-state index in [0.29, 0.717) is 38.4 Å². The van der Waals surface area contributed by atoms with E-state index in [9.17, 15) is 9.59 Å². The van der Waals surface area contributed by atoms with Gasteiger partial charge in [0.15, 0.2) is 11.5 Å². The van der Waals surface area contributed by atoms with Gasteiger partial charge in [-0.25, -0.2) is 4.90 Å². The van der Waals surface area contributed by atoms with Crippen LogP contribution in [0.5, 0.6) is 17.2 Å². The molecule has 0 N–H and O–H groups in total. The Labute approximate surface area is 200 Å². The van der Waals surface area contributed by atoms with E-state index in [0.717, 1.165) is 22.2 Å². The highest BCUT2D eigenvalue weighted by Crippen LogP contribution is 2.38. The number of ether oxygens (including phenoxy) is 3. The number of nitrogens with zero attached hydrogens (tertiary/aromatic N) is 1. The third-order valence-corrected chi connectivity index (χ3v) is 6.17.